The van der Waals surface area contributed by atoms with Crippen molar-refractivity contribution in [2.24, 2.45) is 0 Å². The van der Waals surface area contributed by atoms with Gasteiger partial charge in [0, 0.05) is 11.3 Å². The van der Waals surface area contributed by atoms with Crippen LogP contribution in [0.25, 0.3) is 11.0 Å². The SMILES string of the molecule is CCCCCc1ccc(CSc2oc3ccccc3c(=O)c2C)cc1. The minimum atomic E-state index is 0.0654. The van der Waals surface area contributed by atoms with Gasteiger partial charge in [0.05, 0.1) is 5.39 Å². The van der Waals surface area contributed by atoms with Gasteiger partial charge in [0.25, 0.3) is 0 Å². The van der Waals surface area contributed by atoms with Crippen LogP contribution in [-0.2, 0) is 12.2 Å². The first-order valence-electron chi connectivity index (χ1n) is 8.92. The summed E-state index contributed by atoms with van der Waals surface area (Å²) < 4.78 is 5.95. The predicted octanol–water partition coefficient (Wildman–Crippen LogP) is 6.13. The van der Waals surface area contributed by atoms with E-state index in [9.17, 15) is 4.79 Å². The number of aryl methyl sites for hydroxylation is 1. The Morgan fingerprint density at radius 1 is 0.960 bits per heavy atom. The van der Waals surface area contributed by atoms with Crippen LogP contribution in [0.3, 0.4) is 0 Å². The van der Waals surface area contributed by atoms with Gasteiger partial charge in [-0.2, -0.15) is 0 Å². The summed E-state index contributed by atoms with van der Waals surface area (Å²) in [6, 6.07) is 16.2. The van der Waals surface area contributed by atoms with Crippen molar-refractivity contribution < 1.29 is 4.42 Å². The lowest BCUT2D eigenvalue weighted by molar-refractivity contribution is 0.492. The monoisotopic (exact) mass is 352 g/mol. The molecule has 0 saturated heterocycles. The standard InChI is InChI=1S/C22H24O2S/c1-3-4-5-8-17-11-13-18(14-12-17)15-25-22-16(2)21(23)19-9-6-7-10-20(19)24-22/h6-7,9-14H,3-5,8,15H2,1-2H3. The van der Waals surface area contributed by atoms with E-state index < -0.39 is 0 Å². The number of rotatable bonds is 7. The number of benzene rings is 2. The summed E-state index contributed by atoms with van der Waals surface area (Å²) in [5.41, 5.74) is 4.07. The summed E-state index contributed by atoms with van der Waals surface area (Å²) in [7, 11) is 0. The first-order chi connectivity index (χ1) is 12.2. The average Bonchev–Trinajstić information content (AvgIpc) is 2.65. The zero-order chi connectivity index (χ0) is 17.6. The van der Waals surface area contributed by atoms with Gasteiger partial charge in [-0.25, -0.2) is 0 Å². The second-order valence-electron chi connectivity index (χ2n) is 6.40. The van der Waals surface area contributed by atoms with E-state index in [-0.39, 0.29) is 5.43 Å². The van der Waals surface area contributed by atoms with E-state index in [1.54, 1.807) is 11.8 Å². The van der Waals surface area contributed by atoms with E-state index >= 15 is 0 Å². The van der Waals surface area contributed by atoms with Crippen molar-refractivity contribution in [2.45, 2.75) is 50.4 Å². The molecule has 3 rings (SSSR count). The van der Waals surface area contributed by atoms with E-state index in [4.69, 9.17) is 4.42 Å². The molecule has 0 fully saturated rings. The highest BCUT2D eigenvalue weighted by Crippen LogP contribution is 2.27. The molecule has 130 valence electrons. The lowest BCUT2D eigenvalue weighted by atomic mass is 10.1. The third-order valence-electron chi connectivity index (χ3n) is 4.44. The van der Waals surface area contributed by atoms with Gasteiger partial charge in [-0.3, -0.25) is 4.79 Å². The van der Waals surface area contributed by atoms with Crippen LogP contribution in [0.5, 0.6) is 0 Å². The molecule has 3 heteroatoms. The fourth-order valence-corrected chi connectivity index (χ4v) is 3.83. The van der Waals surface area contributed by atoms with Crippen molar-refractivity contribution in [1.29, 1.82) is 0 Å². The highest BCUT2D eigenvalue weighted by atomic mass is 32.2. The molecule has 0 amide bonds. The molecule has 0 atom stereocenters. The van der Waals surface area contributed by atoms with Crippen molar-refractivity contribution in [2.75, 3.05) is 0 Å². The summed E-state index contributed by atoms with van der Waals surface area (Å²) in [6.07, 6.45) is 4.95. The van der Waals surface area contributed by atoms with Crippen LogP contribution in [0.2, 0.25) is 0 Å². The number of hydrogen-bond acceptors (Lipinski definition) is 3. The molecule has 0 bridgehead atoms. The Labute approximate surface area is 153 Å². The third kappa shape index (κ3) is 4.35. The Hall–Kier alpha value is -2.00. The molecule has 0 radical (unpaired) electrons. The maximum Gasteiger partial charge on any atom is 0.196 e. The van der Waals surface area contributed by atoms with E-state index in [2.05, 4.69) is 31.2 Å². The van der Waals surface area contributed by atoms with Crippen molar-refractivity contribution in [3.63, 3.8) is 0 Å². The lowest BCUT2D eigenvalue weighted by Gasteiger charge is -2.07. The fourth-order valence-electron chi connectivity index (χ4n) is 2.88. The molecule has 0 unspecified atom stereocenters. The number of fused-ring (bicyclic) bond motifs is 1. The molecule has 0 spiro atoms. The lowest BCUT2D eigenvalue weighted by Crippen LogP contribution is -2.06. The fraction of sp³-hybridized carbons (Fsp3) is 0.318. The molecule has 2 aromatic carbocycles. The maximum absolute atomic E-state index is 12.5. The Kier molecular flexibility index (Phi) is 5.98. The molecular formula is C22H24O2S. The summed E-state index contributed by atoms with van der Waals surface area (Å²) in [4.78, 5) is 12.5. The van der Waals surface area contributed by atoms with Gasteiger partial charge < -0.3 is 4.42 Å². The topological polar surface area (TPSA) is 30.2 Å². The largest absolute Gasteiger partial charge is 0.449 e. The summed E-state index contributed by atoms with van der Waals surface area (Å²) in [5.74, 6) is 0.803. The van der Waals surface area contributed by atoms with E-state index in [0.717, 1.165) is 17.3 Å². The van der Waals surface area contributed by atoms with Crippen LogP contribution in [0.1, 0.15) is 42.9 Å². The number of thioether (sulfide) groups is 1. The Morgan fingerprint density at radius 3 is 2.44 bits per heavy atom. The summed E-state index contributed by atoms with van der Waals surface area (Å²) >= 11 is 1.59. The van der Waals surface area contributed by atoms with Crippen LogP contribution < -0.4 is 5.43 Å². The van der Waals surface area contributed by atoms with Crippen LogP contribution in [-0.4, -0.2) is 0 Å². The van der Waals surface area contributed by atoms with E-state index in [1.807, 2.05) is 31.2 Å². The Balaban J connectivity index is 1.70. The predicted molar refractivity (Wildman–Crippen MR) is 106 cm³/mol. The molecule has 3 aromatic rings. The second-order valence-corrected chi connectivity index (χ2v) is 7.35. The first kappa shape index (κ1) is 17.8. The highest BCUT2D eigenvalue weighted by molar-refractivity contribution is 7.98. The average molecular weight is 352 g/mol. The molecule has 0 aliphatic heterocycles. The van der Waals surface area contributed by atoms with Crippen molar-refractivity contribution in [1.82, 2.24) is 0 Å². The van der Waals surface area contributed by atoms with Gasteiger partial charge in [0.2, 0.25) is 0 Å². The Morgan fingerprint density at radius 2 is 1.68 bits per heavy atom. The maximum atomic E-state index is 12.5. The molecule has 0 N–H and O–H groups in total. The first-order valence-corrected chi connectivity index (χ1v) is 9.90. The van der Waals surface area contributed by atoms with Gasteiger partial charge in [-0.15, -0.1) is 0 Å². The minimum absolute atomic E-state index is 0.0654. The number of hydrogen-bond donors (Lipinski definition) is 0. The van der Waals surface area contributed by atoms with Crippen LogP contribution in [0, 0.1) is 6.92 Å². The molecule has 25 heavy (non-hydrogen) atoms. The highest BCUT2D eigenvalue weighted by Gasteiger charge is 2.11. The van der Waals surface area contributed by atoms with Crippen molar-refractivity contribution in [3.05, 3.63) is 75.4 Å². The molecule has 0 saturated carbocycles. The summed E-state index contributed by atoms with van der Waals surface area (Å²) in [5, 5.41) is 1.37. The second kappa shape index (κ2) is 8.39. The quantitative estimate of drug-likeness (QED) is 0.379. The van der Waals surface area contributed by atoms with Gasteiger partial charge in [-0.05, 0) is 43.0 Å². The number of para-hydroxylation sites is 1. The molecule has 1 heterocycles. The molecular weight excluding hydrogens is 328 g/mol. The minimum Gasteiger partial charge on any atom is -0.449 e. The van der Waals surface area contributed by atoms with Gasteiger partial charge >= 0.3 is 0 Å². The van der Waals surface area contributed by atoms with Crippen molar-refractivity contribution in [3.8, 4) is 0 Å². The molecule has 1 aromatic heterocycles. The van der Waals surface area contributed by atoms with Gasteiger partial charge in [-0.1, -0.05) is 67.9 Å². The number of unbranched alkanes of at least 4 members (excludes halogenated alkanes) is 2. The van der Waals surface area contributed by atoms with Crippen LogP contribution in [0.4, 0.5) is 0 Å². The van der Waals surface area contributed by atoms with E-state index in [1.165, 1.54) is 30.4 Å². The van der Waals surface area contributed by atoms with Crippen molar-refractivity contribution >= 4 is 22.7 Å². The van der Waals surface area contributed by atoms with Gasteiger partial charge in [0.15, 0.2) is 10.5 Å². The smallest absolute Gasteiger partial charge is 0.196 e. The van der Waals surface area contributed by atoms with Crippen LogP contribution >= 0.6 is 11.8 Å². The molecule has 0 aliphatic carbocycles. The molecule has 0 aliphatic rings. The zero-order valence-electron chi connectivity index (χ0n) is 14.9. The Bertz CT molecular complexity index is 894. The molecule has 2 nitrogen and oxygen atoms in total. The summed E-state index contributed by atoms with van der Waals surface area (Å²) in [6.45, 7) is 4.07. The van der Waals surface area contributed by atoms with E-state index in [0.29, 0.717) is 16.5 Å². The third-order valence-corrected chi connectivity index (χ3v) is 5.57. The van der Waals surface area contributed by atoms with Gasteiger partial charge in [0.1, 0.15) is 5.58 Å². The zero-order valence-corrected chi connectivity index (χ0v) is 15.7. The van der Waals surface area contributed by atoms with Crippen LogP contribution in [0.15, 0.2) is 62.8 Å². The normalized spacial score (nSPS) is 11.1.